The van der Waals surface area contributed by atoms with Gasteiger partial charge in [0, 0.05) is 18.8 Å². The summed E-state index contributed by atoms with van der Waals surface area (Å²) in [4.78, 5) is 27.5. The zero-order valence-electron chi connectivity index (χ0n) is 7.71. The summed E-state index contributed by atoms with van der Waals surface area (Å²) in [5.74, 6) is -2.66. The summed E-state index contributed by atoms with van der Waals surface area (Å²) in [7, 11) is 0. The summed E-state index contributed by atoms with van der Waals surface area (Å²) < 4.78 is 0. The number of carbonyl (C=O) groups is 2. The fraction of sp³-hybridized carbons (Fsp3) is 0.375. The molecule has 0 aliphatic carbocycles. The van der Waals surface area contributed by atoms with Gasteiger partial charge in [0.25, 0.3) is 0 Å². The van der Waals surface area contributed by atoms with Gasteiger partial charge in [-0.3, -0.25) is 9.59 Å². The third-order valence-electron chi connectivity index (χ3n) is 1.79. The van der Waals surface area contributed by atoms with Crippen molar-refractivity contribution in [1.29, 1.82) is 0 Å². The molecule has 6 nitrogen and oxygen atoms in total. The largest absolute Gasteiger partial charge is 0.481 e. The Morgan fingerprint density at radius 3 is 2.53 bits per heavy atom. The second-order valence-electron chi connectivity index (χ2n) is 2.80. The molecule has 84 valence electrons. The van der Waals surface area contributed by atoms with Crippen LogP contribution in [0.15, 0.2) is 12.4 Å². The monoisotopic (exact) mass is 278 g/mol. The second-order valence-corrected chi connectivity index (χ2v) is 2.80. The first-order valence-electron chi connectivity index (χ1n) is 4.05. The number of hydrogen-bond acceptors (Lipinski definition) is 3. The SMILES string of the molecule is Br.O=C(O)CCC(C(=O)O)c1ncc[nH]1. The van der Waals surface area contributed by atoms with E-state index in [-0.39, 0.29) is 29.8 Å². The van der Waals surface area contributed by atoms with Crippen LogP contribution in [0.4, 0.5) is 0 Å². The maximum atomic E-state index is 10.8. The molecule has 0 aliphatic rings. The highest BCUT2D eigenvalue weighted by Gasteiger charge is 2.22. The second kappa shape index (κ2) is 6.18. The summed E-state index contributed by atoms with van der Waals surface area (Å²) in [6.07, 6.45) is 2.80. The fourth-order valence-electron chi connectivity index (χ4n) is 1.11. The number of aromatic nitrogens is 2. The fourth-order valence-corrected chi connectivity index (χ4v) is 1.11. The quantitative estimate of drug-likeness (QED) is 0.746. The number of carboxylic acids is 2. The maximum absolute atomic E-state index is 10.8. The van der Waals surface area contributed by atoms with E-state index in [1.165, 1.54) is 12.4 Å². The number of aromatic amines is 1. The van der Waals surface area contributed by atoms with Gasteiger partial charge in [-0.2, -0.15) is 0 Å². The van der Waals surface area contributed by atoms with Crippen molar-refractivity contribution >= 4 is 28.9 Å². The van der Waals surface area contributed by atoms with Crippen molar-refractivity contribution in [1.82, 2.24) is 9.97 Å². The Kier molecular flexibility index (Phi) is 5.61. The van der Waals surface area contributed by atoms with Crippen LogP contribution in [-0.4, -0.2) is 32.1 Å². The molecule has 0 bridgehead atoms. The van der Waals surface area contributed by atoms with E-state index in [0.717, 1.165) is 0 Å². The highest BCUT2D eigenvalue weighted by molar-refractivity contribution is 8.93. The summed E-state index contributed by atoms with van der Waals surface area (Å²) in [6.45, 7) is 0. The van der Waals surface area contributed by atoms with Gasteiger partial charge in [-0.05, 0) is 6.42 Å². The van der Waals surface area contributed by atoms with Gasteiger partial charge >= 0.3 is 11.9 Å². The Hall–Kier alpha value is -1.37. The van der Waals surface area contributed by atoms with Crippen molar-refractivity contribution in [3.8, 4) is 0 Å². The first kappa shape index (κ1) is 13.6. The van der Waals surface area contributed by atoms with Crippen LogP contribution >= 0.6 is 17.0 Å². The number of rotatable bonds is 5. The van der Waals surface area contributed by atoms with Crippen molar-refractivity contribution in [2.24, 2.45) is 0 Å². The van der Waals surface area contributed by atoms with Crippen molar-refractivity contribution in [2.75, 3.05) is 0 Å². The number of nitrogens with zero attached hydrogens (tertiary/aromatic N) is 1. The van der Waals surface area contributed by atoms with Crippen LogP contribution in [0.25, 0.3) is 0 Å². The summed E-state index contributed by atoms with van der Waals surface area (Å²) >= 11 is 0. The Morgan fingerprint density at radius 1 is 1.47 bits per heavy atom. The lowest BCUT2D eigenvalue weighted by molar-refractivity contribution is -0.140. The summed E-state index contributed by atoms with van der Waals surface area (Å²) in [6, 6.07) is 0. The highest BCUT2D eigenvalue weighted by atomic mass is 79.9. The van der Waals surface area contributed by atoms with Gasteiger partial charge in [-0.25, -0.2) is 4.98 Å². The molecule has 1 aromatic heterocycles. The van der Waals surface area contributed by atoms with Crippen molar-refractivity contribution in [3.63, 3.8) is 0 Å². The first-order valence-corrected chi connectivity index (χ1v) is 4.05. The number of hydrogen-bond donors (Lipinski definition) is 3. The molecule has 1 aromatic rings. The molecular formula is C8H11BrN2O4. The number of H-pyrrole nitrogens is 1. The number of halogens is 1. The smallest absolute Gasteiger partial charge is 0.314 e. The molecule has 0 spiro atoms. The molecule has 0 saturated carbocycles. The van der Waals surface area contributed by atoms with Crippen LogP contribution in [-0.2, 0) is 9.59 Å². The standard InChI is InChI=1S/C8H10N2O4.BrH/c11-6(12)2-1-5(8(13)14)7-9-3-4-10-7;/h3-5H,1-2H2,(H,9,10)(H,11,12)(H,13,14);1H. The summed E-state index contributed by atoms with van der Waals surface area (Å²) in [5.41, 5.74) is 0. The molecule has 1 rings (SSSR count). The van der Waals surface area contributed by atoms with Crippen molar-refractivity contribution < 1.29 is 19.8 Å². The highest BCUT2D eigenvalue weighted by Crippen LogP contribution is 2.17. The molecule has 3 N–H and O–H groups in total. The topological polar surface area (TPSA) is 103 Å². The van der Waals surface area contributed by atoms with Gasteiger partial charge < -0.3 is 15.2 Å². The van der Waals surface area contributed by atoms with E-state index in [1.54, 1.807) is 0 Å². The van der Waals surface area contributed by atoms with Crippen LogP contribution in [0.1, 0.15) is 24.6 Å². The minimum absolute atomic E-state index is 0. The lowest BCUT2D eigenvalue weighted by atomic mass is 10.0. The van der Waals surface area contributed by atoms with Gasteiger partial charge in [-0.15, -0.1) is 17.0 Å². The van der Waals surface area contributed by atoms with E-state index >= 15 is 0 Å². The maximum Gasteiger partial charge on any atom is 0.314 e. The van der Waals surface area contributed by atoms with Gasteiger partial charge in [0.15, 0.2) is 0 Å². The molecule has 0 aromatic carbocycles. The molecule has 1 atom stereocenters. The first-order chi connectivity index (χ1) is 6.61. The van der Waals surface area contributed by atoms with Crippen LogP contribution < -0.4 is 0 Å². The van der Waals surface area contributed by atoms with Crippen molar-refractivity contribution in [2.45, 2.75) is 18.8 Å². The molecule has 0 fully saturated rings. The minimum Gasteiger partial charge on any atom is -0.481 e. The zero-order valence-corrected chi connectivity index (χ0v) is 9.43. The lowest BCUT2D eigenvalue weighted by Gasteiger charge is -2.06. The van der Waals surface area contributed by atoms with Crippen LogP contribution in [0.2, 0.25) is 0 Å². The predicted octanol–water partition coefficient (Wildman–Crippen LogP) is 1.02. The predicted molar refractivity (Wildman–Crippen MR) is 56.2 cm³/mol. The normalized spacial score (nSPS) is 11.5. The molecule has 0 radical (unpaired) electrons. The Labute approximate surface area is 96.1 Å². The molecular weight excluding hydrogens is 268 g/mol. The Balaban J connectivity index is 0.00000196. The Bertz CT molecular complexity index is 325. The molecule has 1 heterocycles. The number of nitrogens with one attached hydrogen (secondary N) is 1. The molecule has 1 unspecified atom stereocenters. The van der Waals surface area contributed by atoms with E-state index < -0.39 is 17.9 Å². The van der Waals surface area contributed by atoms with E-state index in [0.29, 0.717) is 5.82 Å². The Morgan fingerprint density at radius 2 is 2.13 bits per heavy atom. The minimum atomic E-state index is -1.07. The van der Waals surface area contributed by atoms with E-state index in [9.17, 15) is 9.59 Å². The molecule has 15 heavy (non-hydrogen) atoms. The number of aliphatic carboxylic acids is 2. The third kappa shape index (κ3) is 4.11. The van der Waals surface area contributed by atoms with Gasteiger partial charge in [0.05, 0.1) is 0 Å². The number of imidazole rings is 1. The van der Waals surface area contributed by atoms with Crippen LogP contribution in [0.3, 0.4) is 0 Å². The number of carboxylic acid groups (broad SMARTS) is 2. The third-order valence-corrected chi connectivity index (χ3v) is 1.79. The van der Waals surface area contributed by atoms with E-state index in [2.05, 4.69) is 9.97 Å². The molecule has 0 amide bonds. The van der Waals surface area contributed by atoms with Gasteiger partial charge in [-0.1, -0.05) is 0 Å². The molecule has 0 saturated heterocycles. The summed E-state index contributed by atoms with van der Waals surface area (Å²) in [5, 5.41) is 17.2. The molecule has 0 aliphatic heterocycles. The van der Waals surface area contributed by atoms with Crippen LogP contribution in [0, 0.1) is 0 Å². The van der Waals surface area contributed by atoms with Gasteiger partial charge in [0.1, 0.15) is 11.7 Å². The average Bonchev–Trinajstić information content (AvgIpc) is 2.56. The zero-order chi connectivity index (χ0) is 10.6. The molecule has 7 heteroatoms. The van der Waals surface area contributed by atoms with Crippen LogP contribution in [0.5, 0.6) is 0 Å². The van der Waals surface area contributed by atoms with Crippen molar-refractivity contribution in [3.05, 3.63) is 18.2 Å². The van der Waals surface area contributed by atoms with Gasteiger partial charge in [0.2, 0.25) is 0 Å². The van der Waals surface area contributed by atoms with E-state index in [1.807, 2.05) is 0 Å². The lowest BCUT2D eigenvalue weighted by Crippen LogP contribution is -2.14. The van der Waals surface area contributed by atoms with E-state index in [4.69, 9.17) is 10.2 Å². The average molecular weight is 279 g/mol.